The average molecular weight is 761 g/mol. The van der Waals surface area contributed by atoms with Crippen LogP contribution >= 0.6 is 0 Å². The van der Waals surface area contributed by atoms with Gasteiger partial charge in [0.05, 0.1) is 0 Å². The van der Waals surface area contributed by atoms with Crippen molar-refractivity contribution in [1.82, 2.24) is 0 Å². The van der Waals surface area contributed by atoms with E-state index in [9.17, 15) is 9.59 Å². The van der Waals surface area contributed by atoms with E-state index >= 15 is 0 Å². The zero-order valence-corrected chi connectivity index (χ0v) is 34.7. The van der Waals surface area contributed by atoms with Crippen LogP contribution in [0, 0.1) is 55.4 Å². The van der Waals surface area contributed by atoms with Gasteiger partial charge in [-0.2, -0.15) is 0 Å². The molecule has 0 saturated carbocycles. The van der Waals surface area contributed by atoms with Crippen molar-refractivity contribution in [2.75, 3.05) is 0 Å². The fourth-order valence-electron chi connectivity index (χ4n) is 7.37. The smallest absolute Gasteiger partial charge is 0.0623 e. The summed E-state index contributed by atoms with van der Waals surface area (Å²) in [4.78, 5) is 29.0. The fraction of sp³-hybridized carbons (Fsp3) is 0.227. The van der Waals surface area contributed by atoms with Crippen LogP contribution in [0.25, 0.3) is 0 Å². The van der Waals surface area contributed by atoms with E-state index in [1.807, 2.05) is 165 Å². The first-order valence-corrected chi connectivity index (χ1v) is 24.5. The van der Waals surface area contributed by atoms with Gasteiger partial charge in [0.2, 0.25) is 0 Å². The van der Waals surface area contributed by atoms with Crippen LogP contribution in [-0.4, -0.2) is 39.1 Å². The predicted molar refractivity (Wildman–Crippen MR) is 215 cm³/mol. The molecular formula is C44H48O8Si2. The number of rotatable bonds is 6. The molecule has 5 aromatic rings. The van der Waals surface area contributed by atoms with Crippen molar-refractivity contribution >= 4 is 39.1 Å². The first kappa shape index (κ1) is 38.1. The Hall–Kier alpha value is -5.59. The van der Waals surface area contributed by atoms with Gasteiger partial charge in [-0.05, 0) is 0 Å². The molecule has 10 heteroatoms. The van der Waals surface area contributed by atoms with E-state index in [-0.39, 0.29) is 11.9 Å². The predicted octanol–water partition coefficient (Wildman–Crippen LogP) is 9.79. The molecule has 7 rings (SSSR count). The van der Waals surface area contributed by atoms with Crippen LogP contribution in [0.1, 0.15) is 84.6 Å². The Kier molecular flexibility index (Phi) is 9.66. The van der Waals surface area contributed by atoms with Gasteiger partial charge in [-0.1, -0.05) is 36.4 Å². The van der Waals surface area contributed by atoms with Crippen LogP contribution in [0.2, 0.25) is 13.1 Å². The van der Waals surface area contributed by atoms with Gasteiger partial charge in [-0.3, -0.25) is 0 Å². The number of carbonyl (C=O) groups is 2. The molecular weight excluding hydrogens is 713 g/mol. The number of fused-ring (bicyclic) bond motifs is 1. The van der Waals surface area contributed by atoms with Crippen LogP contribution in [-0.2, 0) is 17.7 Å². The van der Waals surface area contributed by atoms with Gasteiger partial charge in [-0.25, -0.2) is 0 Å². The molecule has 0 spiro atoms. The quantitative estimate of drug-likeness (QED) is 0.126. The van der Waals surface area contributed by atoms with E-state index in [0.29, 0.717) is 44.5 Å². The van der Waals surface area contributed by atoms with Gasteiger partial charge in [0, 0.05) is 0 Å². The van der Waals surface area contributed by atoms with E-state index in [1.165, 1.54) is 0 Å². The Bertz CT molecular complexity index is 2130. The van der Waals surface area contributed by atoms with Crippen molar-refractivity contribution < 1.29 is 35.5 Å². The molecule has 0 N–H and O–H groups in total. The first-order chi connectivity index (χ1) is 25.5. The van der Waals surface area contributed by atoms with Gasteiger partial charge in [-0.15, -0.1) is 0 Å². The molecule has 2 heterocycles. The maximum Gasteiger partial charge on any atom is -0.0623 e. The fourth-order valence-corrected chi connectivity index (χ4v) is 18.3. The summed E-state index contributed by atoms with van der Waals surface area (Å²) in [5, 5.41) is 0. The van der Waals surface area contributed by atoms with Gasteiger partial charge >= 0.3 is 283 Å². The Morgan fingerprint density at radius 3 is 0.926 bits per heavy atom. The second-order valence-corrected chi connectivity index (χ2v) is 28.4. The number of benzene rings is 5. The molecule has 8 nitrogen and oxygen atoms in total. The van der Waals surface area contributed by atoms with Crippen molar-refractivity contribution in [2.45, 2.75) is 68.5 Å². The second kappa shape index (κ2) is 13.7. The molecule has 5 aromatic carbocycles. The number of hydrogen-bond donors (Lipinski definition) is 0. The normalized spacial score (nSPS) is 18.2. The van der Waals surface area contributed by atoms with Gasteiger partial charge in [0.25, 0.3) is 0 Å². The number of hydrogen-bond acceptors (Lipinski definition) is 6. The number of aryl methyl sites for hydroxylation is 8. The summed E-state index contributed by atoms with van der Waals surface area (Å²) in [5.74, 6) is -1.32. The molecule has 2 aliphatic heterocycles. The Balaban J connectivity index is 0.000000755. The summed E-state index contributed by atoms with van der Waals surface area (Å²) in [6, 6.07) is 34.6. The molecule has 54 heavy (non-hydrogen) atoms. The summed E-state index contributed by atoms with van der Waals surface area (Å²) in [7, 11) is -11.1. The van der Waals surface area contributed by atoms with Crippen molar-refractivity contribution in [3.8, 4) is 0 Å². The summed E-state index contributed by atoms with van der Waals surface area (Å²) in [6.45, 7) is 18.2. The maximum absolute atomic E-state index is 14.5. The first-order valence-electron chi connectivity index (χ1n) is 18.1. The van der Waals surface area contributed by atoms with Gasteiger partial charge in [0.1, 0.15) is 0 Å². The minimum atomic E-state index is -5.55. The van der Waals surface area contributed by atoms with E-state index in [1.54, 1.807) is 13.1 Å². The molecule has 0 fully saturated rings. The van der Waals surface area contributed by atoms with Crippen molar-refractivity contribution in [3.63, 3.8) is 0 Å². The van der Waals surface area contributed by atoms with Crippen LogP contribution < -0.4 is 0 Å². The maximum atomic E-state index is 14.5. The zero-order chi connectivity index (χ0) is 39.1. The molecule has 0 aromatic heterocycles. The van der Waals surface area contributed by atoms with Crippen LogP contribution in [0.15, 0.2) is 109 Å². The molecule has 0 radical (unpaired) electrons. The zero-order valence-electron chi connectivity index (χ0n) is 32.7. The molecule has 280 valence electrons. The summed E-state index contributed by atoms with van der Waals surface area (Å²) in [5.41, 5.74) is 8.18. The Morgan fingerprint density at radius 1 is 0.426 bits per heavy atom. The minimum absolute atomic E-state index is 0.0291. The van der Waals surface area contributed by atoms with Crippen molar-refractivity contribution in [2.24, 2.45) is 0 Å². The van der Waals surface area contributed by atoms with E-state index < -0.39 is 27.1 Å². The summed E-state index contributed by atoms with van der Waals surface area (Å²) >= 11 is 0. The molecule has 0 atom stereocenters. The monoisotopic (exact) mass is 760 g/mol. The van der Waals surface area contributed by atoms with Crippen LogP contribution in [0.4, 0.5) is 0 Å². The molecule has 0 amide bonds. The molecule has 0 unspecified atom stereocenters. The van der Waals surface area contributed by atoms with E-state index in [2.05, 4.69) is 0 Å². The van der Waals surface area contributed by atoms with Crippen molar-refractivity contribution in [1.29, 1.82) is 0 Å². The third kappa shape index (κ3) is 6.18. The molecule has 0 saturated heterocycles. The van der Waals surface area contributed by atoms with E-state index in [4.69, 9.17) is 25.9 Å². The topological polar surface area (TPSA) is 93.7 Å². The third-order valence-corrected chi connectivity index (χ3v) is 26.3. The standard InChI is InChI=1S/C38H42O8Si2.C6H6/c1-23-15-11-16-24(2)31(23)35(39)41-47(9)43-37(33-27(5)19-13-20-28(33)6)45-48(47,10,42-36(40)32-25(3)17-12-18-26(32)4)46-38(44-47)34-29(7)21-14-22-30(34)8;1-2-4-6-5-3-1/h11-22H,1-10H3;1-6H. The van der Waals surface area contributed by atoms with Crippen LogP contribution in [0.3, 0.4) is 0 Å². The van der Waals surface area contributed by atoms with Gasteiger partial charge in [0.15, 0.2) is 0 Å². The number of carbonyl (C=O) groups excluding carboxylic acids is 4. The summed E-state index contributed by atoms with van der Waals surface area (Å²) < 4.78 is 41.2. The van der Waals surface area contributed by atoms with Gasteiger partial charge < -0.3 is 0 Å². The Morgan fingerprint density at radius 2 is 0.667 bits per heavy atom. The SMILES string of the molecule is Cc1cccc(C)c1C(=O)O[Si-]12(C)OC(c3c(C)cccc3C)=[O+][Si-]1(C)(OC(=O)c1c(C)cccc1C)OC(c1c(C)cccc1C)=[O+]2.c1ccccc1. The van der Waals surface area contributed by atoms with E-state index in [0.717, 1.165) is 22.3 Å². The largest absolute Gasteiger partial charge is 0.0623 e. The second-order valence-electron chi connectivity index (χ2n) is 14.8. The van der Waals surface area contributed by atoms with Crippen LogP contribution in [0.5, 0.6) is 0 Å². The van der Waals surface area contributed by atoms with Crippen molar-refractivity contribution in [3.05, 3.63) is 176 Å². The third-order valence-electron chi connectivity index (χ3n) is 10.6. The molecule has 0 aliphatic carbocycles. The minimum Gasteiger partial charge on any atom is -0.0623 e. The molecule has 2 aliphatic rings. The average Bonchev–Trinajstić information content (AvgIpc) is 3.40. The summed E-state index contributed by atoms with van der Waals surface area (Å²) in [6.07, 6.45) is 0. The molecule has 0 bridgehead atoms. The Labute approximate surface area is 318 Å².